The number of nitrogens with one attached hydrogen (secondary N) is 1. The first-order chi connectivity index (χ1) is 15.1. The van der Waals surface area contributed by atoms with Gasteiger partial charge in [0.25, 0.3) is 0 Å². The molecule has 1 atom stereocenters. The molecule has 0 saturated carbocycles. The van der Waals surface area contributed by atoms with Crippen LogP contribution in [0.1, 0.15) is 41.2 Å². The number of anilines is 2. The van der Waals surface area contributed by atoms with E-state index in [2.05, 4.69) is 15.3 Å². The van der Waals surface area contributed by atoms with E-state index < -0.39 is 17.8 Å². The number of fused-ring (bicyclic) bond motifs is 1. The minimum absolute atomic E-state index is 0.0356. The van der Waals surface area contributed by atoms with Gasteiger partial charge in [0, 0.05) is 24.3 Å². The van der Waals surface area contributed by atoms with Gasteiger partial charge in [0.2, 0.25) is 5.91 Å². The Morgan fingerprint density at radius 2 is 1.91 bits per heavy atom. The molecule has 0 bridgehead atoms. The summed E-state index contributed by atoms with van der Waals surface area (Å²) < 4.78 is 45.0. The number of rotatable bonds is 4. The zero-order valence-electron chi connectivity index (χ0n) is 17.9. The minimum atomic E-state index is -4.49. The Morgan fingerprint density at radius 3 is 2.59 bits per heavy atom. The van der Waals surface area contributed by atoms with E-state index in [1.54, 1.807) is 18.9 Å². The van der Waals surface area contributed by atoms with Crippen LogP contribution in [0.5, 0.6) is 0 Å². The number of nitrogens with zero attached hydrogens (tertiary/aromatic N) is 4. The highest BCUT2D eigenvalue weighted by atomic mass is 19.4. The van der Waals surface area contributed by atoms with Crippen LogP contribution in [-0.2, 0) is 28.7 Å². The van der Waals surface area contributed by atoms with Crippen molar-refractivity contribution in [3.63, 3.8) is 0 Å². The molecule has 0 spiro atoms. The Labute approximate surface area is 183 Å². The first-order valence-corrected chi connectivity index (χ1v) is 10.4. The number of ether oxygens (including phenoxy) is 1. The second-order valence-corrected chi connectivity index (χ2v) is 7.99. The monoisotopic (exact) mass is 450 g/mol. The maximum Gasteiger partial charge on any atom is 0.416 e. The van der Waals surface area contributed by atoms with Crippen molar-refractivity contribution in [2.75, 3.05) is 37.4 Å². The van der Waals surface area contributed by atoms with Gasteiger partial charge < -0.3 is 15.8 Å². The summed E-state index contributed by atoms with van der Waals surface area (Å²) in [6.07, 6.45) is -4.36. The molecule has 172 valence electrons. The lowest BCUT2D eigenvalue weighted by Gasteiger charge is -2.40. The number of nitrogen functional groups attached to an aromatic ring is 1. The summed E-state index contributed by atoms with van der Waals surface area (Å²) >= 11 is 0. The minimum Gasteiger partial charge on any atom is -0.399 e. The van der Waals surface area contributed by atoms with E-state index in [4.69, 9.17) is 10.5 Å². The fraction of sp³-hybridized carbons (Fsp3) is 0.476. The van der Waals surface area contributed by atoms with Gasteiger partial charge in [0.1, 0.15) is 11.6 Å². The van der Waals surface area contributed by atoms with Gasteiger partial charge in [-0.1, -0.05) is 0 Å². The van der Waals surface area contributed by atoms with E-state index in [-0.39, 0.29) is 24.6 Å². The number of aromatic nitrogens is 2. The normalized spacial score (nSPS) is 18.4. The Hall–Kier alpha value is -2.92. The Morgan fingerprint density at radius 1 is 1.19 bits per heavy atom. The zero-order chi connectivity index (χ0) is 23.0. The summed E-state index contributed by atoms with van der Waals surface area (Å²) in [4.78, 5) is 21.7. The van der Waals surface area contributed by atoms with Gasteiger partial charge in [0.15, 0.2) is 0 Å². The third kappa shape index (κ3) is 4.63. The summed E-state index contributed by atoms with van der Waals surface area (Å²) in [6.45, 7) is 6.05. The zero-order valence-corrected chi connectivity index (χ0v) is 17.9. The van der Waals surface area contributed by atoms with E-state index in [1.165, 1.54) is 6.07 Å². The van der Waals surface area contributed by atoms with Gasteiger partial charge in [-0.05, 0) is 37.6 Å². The van der Waals surface area contributed by atoms with Crippen LogP contribution < -0.4 is 11.1 Å². The van der Waals surface area contributed by atoms with Crippen molar-refractivity contribution in [3.05, 3.63) is 46.4 Å². The topological polar surface area (TPSA) is 96.6 Å². The van der Waals surface area contributed by atoms with Gasteiger partial charge in [-0.25, -0.2) is 15.0 Å². The highest BCUT2D eigenvalue weighted by Crippen LogP contribution is 2.34. The lowest BCUT2D eigenvalue weighted by molar-refractivity contribution is -0.159. The van der Waals surface area contributed by atoms with E-state index in [9.17, 15) is 18.0 Å². The number of hydrogen-bond acceptors (Lipinski definition) is 7. The van der Waals surface area contributed by atoms with Crippen LogP contribution in [0.25, 0.3) is 0 Å². The lowest BCUT2D eigenvalue weighted by Crippen LogP contribution is -2.53. The number of halogens is 3. The number of benzene rings is 1. The van der Waals surface area contributed by atoms with Gasteiger partial charge in [-0.3, -0.25) is 9.80 Å². The molecule has 3 N–H and O–H groups in total. The van der Waals surface area contributed by atoms with E-state index >= 15 is 0 Å². The molecule has 8 nitrogen and oxygen atoms in total. The molecular formula is C21H25F3N6O2. The molecule has 0 aliphatic carbocycles. The second-order valence-electron chi connectivity index (χ2n) is 7.99. The molecule has 2 aromatic rings. The van der Waals surface area contributed by atoms with Gasteiger partial charge in [-0.2, -0.15) is 13.2 Å². The van der Waals surface area contributed by atoms with Gasteiger partial charge >= 0.3 is 6.18 Å². The first kappa shape index (κ1) is 22.3. The largest absolute Gasteiger partial charge is 0.416 e. The van der Waals surface area contributed by atoms with Crippen molar-refractivity contribution in [3.8, 4) is 0 Å². The molecule has 1 amide bonds. The fourth-order valence-electron chi connectivity index (χ4n) is 3.99. The maximum absolute atomic E-state index is 13.2. The van der Waals surface area contributed by atoms with Gasteiger partial charge in [-0.15, -0.1) is 0 Å². The van der Waals surface area contributed by atoms with Crippen LogP contribution in [0.15, 0.2) is 18.2 Å². The van der Waals surface area contributed by atoms with Crippen LogP contribution in [0.4, 0.5) is 24.7 Å². The molecule has 2 aliphatic heterocycles. The number of hydrazine groups is 1. The van der Waals surface area contributed by atoms with Gasteiger partial charge in [0.05, 0.1) is 43.5 Å². The second kappa shape index (κ2) is 8.55. The molecule has 2 aliphatic rings. The molecule has 1 fully saturated rings. The molecule has 1 aromatic carbocycles. The Bertz CT molecular complexity index is 1020. The smallest absolute Gasteiger partial charge is 0.399 e. The molecule has 1 aromatic heterocycles. The Kier molecular flexibility index (Phi) is 5.95. The number of amides is 1. The van der Waals surface area contributed by atoms with Crippen LogP contribution in [0, 0.1) is 6.92 Å². The van der Waals surface area contributed by atoms with Crippen LogP contribution in [0.3, 0.4) is 0 Å². The fourth-order valence-corrected chi connectivity index (χ4v) is 3.99. The predicted molar refractivity (Wildman–Crippen MR) is 111 cm³/mol. The first-order valence-electron chi connectivity index (χ1n) is 10.4. The van der Waals surface area contributed by atoms with Crippen LogP contribution >= 0.6 is 0 Å². The van der Waals surface area contributed by atoms with Crippen molar-refractivity contribution in [1.82, 2.24) is 20.0 Å². The van der Waals surface area contributed by atoms with Crippen LogP contribution in [-0.4, -0.2) is 52.2 Å². The number of aryl methyl sites for hydroxylation is 1. The summed E-state index contributed by atoms with van der Waals surface area (Å²) in [7, 11) is 0. The van der Waals surface area contributed by atoms with Crippen molar-refractivity contribution in [1.29, 1.82) is 0 Å². The van der Waals surface area contributed by atoms with Crippen molar-refractivity contribution < 1.29 is 22.7 Å². The van der Waals surface area contributed by atoms with Crippen molar-refractivity contribution >= 4 is 17.4 Å². The summed E-state index contributed by atoms with van der Waals surface area (Å²) in [5.74, 6) is 0.929. The molecule has 0 radical (unpaired) electrons. The molecular weight excluding hydrogens is 425 g/mol. The SMILES string of the molecule is Cc1nc2c(c(N[C@H](C)c3cc(N)cc(C(F)(F)F)c3)n1)CN(N1CCOCC1)C(=O)C2. The average Bonchev–Trinajstić information content (AvgIpc) is 2.72. The number of nitrogens with two attached hydrogens (primary N) is 1. The number of alkyl halides is 3. The van der Waals surface area contributed by atoms with E-state index in [0.717, 1.165) is 17.7 Å². The third-order valence-corrected chi connectivity index (χ3v) is 5.61. The Balaban J connectivity index is 1.63. The number of hydrogen-bond donors (Lipinski definition) is 2. The lowest BCUT2D eigenvalue weighted by atomic mass is 10.0. The molecule has 3 heterocycles. The molecule has 4 rings (SSSR count). The summed E-state index contributed by atoms with van der Waals surface area (Å²) in [5, 5.41) is 6.85. The van der Waals surface area contributed by atoms with Crippen molar-refractivity contribution in [2.45, 2.75) is 39.0 Å². The molecule has 11 heteroatoms. The summed E-state index contributed by atoms with van der Waals surface area (Å²) in [6, 6.07) is 3.00. The van der Waals surface area contributed by atoms with Crippen LogP contribution in [0.2, 0.25) is 0 Å². The average molecular weight is 450 g/mol. The summed E-state index contributed by atoms with van der Waals surface area (Å²) in [5.41, 5.74) is 6.74. The quantitative estimate of drug-likeness (QED) is 0.692. The van der Waals surface area contributed by atoms with E-state index in [1.807, 2.05) is 5.01 Å². The number of carbonyl (C=O) groups excluding carboxylic acids is 1. The highest BCUT2D eigenvalue weighted by Gasteiger charge is 2.33. The standard InChI is InChI=1S/C21H25F3N6O2/c1-12(14-7-15(21(22,23)24)9-16(25)8-14)26-20-17-11-30(29-3-5-32-6-4-29)19(31)10-18(17)27-13(2)28-20/h7-9,12H,3-6,10-11,25H2,1-2H3,(H,26,27,28)/t12-/m1/s1. The molecule has 0 unspecified atom stereocenters. The third-order valence-electron chi connectivity index (χ3n) is 5.61. The number of morpholine rings is 1. The number of carbonyl (C=O) groups is 1. The van der Waals surface area contributed by atoms with E-state index in [0.29, 0.717) is 49.2 Å². The molecule has 1 saturated heterocycles. The highest BCUT2D eigenvalue weighted by molar-refractivity contribution is 5.81. The predicted octanol–water partition coefficient (Wildman–Crippen LogP) is 2.69. The molecule has 32 heavy (non-hydrogen) atoms. The van der Waals surface area contributed by atoms with Crippen molar-refractivity contribution in [2.24, 2.45) is 0 Å². The maximum atomic E-state index is 13.2.